The molecule has 8 nitrogen and oxygen atoms in total. The first-order valence-electron chi connectivity index (χ1n) is 7.36. The van der Waals surface area contributed by atoms with Crippen LogP contribution >= 0.6 is 0 Å². The molecule has 1 unspecified atom stereocenters. The molecule has 1 fully saturated rings. The zero-order valence-corrected chi connectivity index (χ0v) is 12.5. The van der Waals surface area contributed by atoms with Gasteiger partial charge in [0, 0.05) is 18.9 Å². The number of carbonyl (C=O) groups is 1. The number of hydrogen-bond acceptors (Lipinski definition) is 6. The molecule has 0 saturated carbocycles. The summed E-state index contributed by atoms with van der Waals surface area (Å²) in [5.41, 5.74) is 1.26. The molecule has 1 aliphatic heterocycles. The van der Waals surface area contributed by atoms with E-state index in [0.717, 1.165) is 10.9 Å². The summed E-state index contributed by atoms with van der Waals surface area (Å²) in [5, 5.41) is 11.7. The van der Waals surface area contributed by atoms with E-state index in [-0.39, 0.29) is 12.0 Å². The number of aryl methyl sites for hydroxylation is 1. The SMILES string of the molecule is Cc1nc(C2CN(C(=O)c3n[nH]c4ccccc34)CCO2)no1. The summed E-state index contributed by atoms with van der Waals surface area (Å²) in [5.74, 6) is 0.813. The fourth-order valence-electron chi connectivity index (χ4n) is 2.71. The first-order chi connectivity index (χ1) is 11.2. The third-order valence-corrected chi connectivity index (χ3v) is 3.86. The average molecular weight is 313 g/mol. The highest BCUT2D eigenvalue weighted by Gasteiger charge is 2.30. The van der Waals surface area contributed by atoms with Crippen LogP contribution in [0.4, 0.5) is 0 Å². The van der Waals surface area contributed by atoms with Gasteiger partial charge in [0.25, 0.3) is 5.91 Å². The zero-order chi connectivity index (χ0) is 15.8. The summed E-state index contributed by atoms with van der Waals surface area (Å²) < 4.78 is 10.6. The van der Waals surface area contributed by atoms with Gasteiger partial charge in [-0.05, 0) is 6.07 Å². The molecule has 8 heteroatoms. The molecular formula is C15H15N5O3. The van der Waals surface area contributed by atoms with Crippen molar-refractivity contribution in [1.82, 2.24) is 25.2 Å². The van der Waals surface area contributed by atoms with Crippen molar-refractivity contribution >= 4 is 16.8 Å². The smallest absolute Gasteiger partial charge is 0.275 e. The van der Waals surface area contributed by atoms with Crippen LogP contribution in [-0.2, 0) is 4.74 Å². The number of morpholine rings is 1. The first-order valence-corrected chi connectivity index (χ1v) is 7.36. The number of nitrogens with one attached hydrogen (secondary N) is 1. The highest BCUT2D eigenvalue weighted by atomic mass is 16.5. The summed E-state index contributed by atoms with van der Waals surface area (Å²) in [4.78, 5) is 18.7. The van der Waals surface area contributed by atoms with Crippen LogP contribution in [0.3, 0.4) is 0 Å². The number of amides is 1. The Balaban J connectivity index is 1.58. The molecule has 3 heterocycles. The minimum absolute atomic E-state index is 0.129. The summed E-state index contributed by atoms with van der Waals surface area (Å²) in [6.45, 7) is 3.02. The zero-order valence-electron chi connectivity index (χ0n) is 12.5. The Labute approximate surface area is 131 Å². The minimum Gasteiger partial charge on any atom is -0.366 e. The Bertz CT molecular complexity index is 856. The van der Waals surface area contributed by atoms with E-state index in [1.54, 1.807) is 11.8 Å². The lowest BCUT2D eigenvalue weighted by Gasteiger charge is -2.31. The summed E-state index contributed by atoms with van der Waals surface area (Å²) in [6.07, 6.45) is -0.379. The van der Waals surface area contributed by atoms with E-state index in [9.17, 15) is 4.79 Å². The van der Waals surface area contributed by atoms with Crippen molar-refractivity contribution in [3.63, 3.8) is 0 Å². The number of aromatic nitrogens is 4. The minimum atomic E-state index is -0.379. The molecule has 2 aromatic heterocycles. The van der Waals surface area contributed by atoms with E-state index < -0.39 is 0 Å². The maximum Gasteiger partial charge on any atom is 0.275 e. The Morgan fingerprint density at radius 3 is 3.09 bits per heavy atom. The number of fused-ring (bicyclic) bond motifs is 1. The van der Waals surface area contributed by atoms with E-state index in [4.69, 9.17) is 9.26 Å². The van der Waals surface area contributed by atoms with Crippen molar-refractivity contribution in [2.24, 2.45) is 0 Å². The number of H-pyrrole nitrogens is 1. The molecule has 1 N–H and O–H groups in total. The molecule has 118 valence electrons. The van der Waals surface area contributed by atoms with E-state index in [0.29, 0.717) is 37.1 Å². The Kier molecular flexibility index (Phi) is 3.30. The molecule has 1 aromatic carbocycles. The summed E-state index contributed by atoms with van der Waals surface area (Å²) >= 11 is 0. The van der Waals surface area contributed by atoms with Gasteiger partial charge in [-0.15, -0.1) is 0 Å². The number of hydrogen-bond donors (Lipinski definition) is 1. The van der Waals surface area contributed by atoms with E-state index in [2.05, 4.69) is 20.3 Å². The van der Waals surface area contributed by atoms with Gasteiger partial charge in [-0.2, -0.15) is 10.1 Å². The van der Waals surface area contributed by atoms with Gasteiger partial charge in [-0.25, -0.2) is 0 Å². The Hall–Kier alpha value is -2.74. The lowest BCUT2D eigenvalue weighted by Crippen LogP contribution is -2.42. The van der Waals surface area contributed by atoms with Gasteiger partial charge >= 0.3 is 0 Å². The maximum absolute atomic E-state index is 12.8. The lowest BCUT2D eigenvalue weighted by atomic mass is 10.1. The van der Waals surface area contributed by atoms with E-state index in [1.165, 1.54) is 0 Å². The van der Waals surface area contributed by atoms with Gasteiger partial charge in [-0.1, -0.05) is 23.4 Å². The molecule has 0 aliphatic carbocycles. The number of nitrogens with zero attached hydrogens (tertiary/aromatic N) is 4. The van der Waals surface area contributed by atoms with Crippen LogP contribution < -0.4 is 0 Å². The van der Waals surface area contributed by atoms with Crippen LogP contribution in [0.25, 0.3) is 10.9 Å². The second-order valence-corrected chi connectivity index (χ2v) is 5.40. The van der Waals surface area contributed by atoms with Crippen LogP contribution in [0.1, 0.15) is 28.3 Å². The van der Waals surface area contributed by atoms with Crippen molar-refractivity contribution in [3.8, 4) is 0 Å². The second kappa shape index (κ2) is 5.47. The highest BCUT2D eigenvalue weighted by Crippen LogP contribution is 2.23. The van der Waals surface area contributed by atoms with Crippen LogP contribution in [0, 0.1) is 6.92 Å². The summed E-state index contributed by atoms with van der Waals surface area (Å²) in [6, 6.07) is 7.56. The Morgan fingerprint density at radius 2 is 2.26 bits per heavy atom. The quantitative estimate of drug-likeness (QED) is 0.769. The third-order valence-electron chi connectivity index (χ3n) is 3.86. The topological polar surface area (TPSA) is 97.1 Å². The number of carbonyl (C=O) groups excluding carboxylic acids is 1. The number of benzene rings is 1. The number of para-hydroxylation sites is 1. The molecule has 3 aromatic rings. The van der Waals surface area contributed by atoms with Gasteiger partial charge < -0.3 is 14.2 Å². The standard InChI is InChI=1S/C15H15N5O3/c1-9-16-14(19-23-9)12-8-20(6-7-22-12)15(21)13-10-4-2-3-5-11(10)17-18-13/h2-5,12H,6-8H2,1H3,(H,17,18). The molecular weight excluding hydrogens is 298 g/mol. The molecule has 0 spiro atoms. The van der Waals surface area contributed by atoms with Crippen molar-refractivity contribution in [2.45, 2.75) is 13.0 Å². The lowest BCUT2D eigenvalue weighted by molar-refractivity contribution is -0.0277. The highest BCUT2D eigenvalue weighted by molar-refractivity contribution is 6.04. The predicted octanol–water partition coefficient (Wildman–Crippen LogP) is 1.47. The van der Waals surface area contributed by atoms with Gasteiger partial charge in [0.1, 0.15) is 6.10 Å². The average Bonchev–Trinajstić information content (AvgIpc) is 3.20. The third kappa shape index (κ3) is 2.46. The van der Waals surface area contributed by atoms with Crippen molar-refractivity contribution in [1.29, 1.82) is 0 Å². The fourth-order valence-corrected chi connectivity index (χ4v) is 2.71. The molecule has 1 saturated heterocycles. The number of aromatic amines is 1. The number of ether oxygens (including phenoxy) is 1. The predicted molar refractivity (Wildman–Crippen MR) is 79.7 cm³/mol. The van der Waals surface area contributed by atoms with Gasteiger partial charge in [0.15, 0.2) is 5.69 Å². The van der Waals surface area contributed by atoms with Crippen LogP contribution in [0.15, 0.2) is 28.8 Å². The van der Waals surface area contributed by atoms with Gasteiger partial charge in [0.2, 0.25) is 11.7 Å². The van der Waals surface area contributed by atoms with Gasteiger partial charge in [0.05, 0.1) is 18.7 Å². The molecule has 1 aliphatic rings. The van der Waals surface area contributed by atoms with Crippen LogP contribution in [-0.4, -0.2) is 50.8 Å². The van der Waals surface area contributed by atoms with Crippen molar-refractivity contribution < 1.29 is 14.1 Å². The largest absolute Gasteiger partial charge is 0.366 e. The van der Waals surface area contributed by atoms with E-state index >= 15 is 0 Å². The molecule has 0 radical (unpaired) electrons. The van der Waals surface area contributed by atoms with Crippen molar-refractivity contribution in [3.05, 3.63) is 41.7 Å². The molecule has 23 heavy (non-hydrogen) atoms. The van der Waals surface area contributed by atoms with Crippen LogP contribution in [0.5, 0.6) is 0 Å². The number of rotatable bonds is 2. The monoisotopic (exact) mass is 313 g/mol. The van der Waals surface area contributed by atoms with Crippen LogP contribution in [0.2, 0.25) is 0 Å². The molecule has 1 atom stereocenters. The van der Waals surface area contributed by atoms with E-state index in [1.807, 2.05) is 24.3 Å². The Morgan fingerprint density at radius 1 is 1.39 bits per heavy atom. The van der Waals surface area contributed by atoms with Gasteiger partial charge in [-0.3, -0.25) is 9.89 Å². The molecule has 1 amide bonds. The first kappa shape index (κ1) is 13.9. The maximum atomic E-state index is 12.8. The summed E-state index contributed by atoms with van der Waals surface area (Å²) in [7, 11) is 0. The fraction of sp³-hybridized carbons (Fsp3) is 0.333. The molecule has 0 bridgehead atoms. The molecule has 4 rings (SSSR count). The second-order valence-electron chi connectivity index (χ2n) is 5.40. The van der Waals surface area contributed by atoms with Crippen molar-refractivity contribution in [2.75, 3.05) is 19.7 Å². The normalized spacial score (nSPS) is 18.5.